The van der Waals surface area contributed by atoms with Gasteiger partial charge in [0.25, 0.3) is 0 Å². The number of hydrogen-bond donors (Lipinski definition) is 0. The normalized spacial score (nSPS) is 17.1. The van der Waals surface area contributed by atoms with Gasteiger partial charge in [0.2, 0.25) is 5.91 Å². The highest BCUT2D eigenvalue weighted by Gasteiger charge is 2.28. The summed E-state index contributed by atoms with van der Waals surface area (Å²) in [5.74, 6) is 0.606. The molecule has 0 aromatic heterocycles. The van der Waals surface area contributed by atoms with E-state index in [1.165, 1.54) is 11.6 Å². The van der Waals surface area contributed by atoms with Gasteiger partial charge in [0, 0.05) is 29.6 Å². The zero-order chi connectivity index (χ0) is 17.1. The Balaban J connectivity index is 1.65. The van der Waals surface area contributed by atoms with Crippen molar-refractivity contribution < 1.29 is 13.9 Å². The zero-order valence-electron chi connectivity index (χ0n) is 13.5. The van der Waals surface area contributed by atoms with Crippen LogP contribution in [0, 0.1) is 5.82 Å². The lowest BCUT2D eigenvalue weighted by molar-refractivity contribution is -0.129. The summed E-state index contributed by atoms with van der Waals surface area (Å²) in [4.78, 5) is 14.3. The van der Waals surface area contributed by atoms with Crippen LogP contribution in [0.5, 0.6) is 5.75 Å². The highest BCUT2D eigenvalue weighted by molar-refractivity contribution is 6.31. The Labute approximate surface area is 146 Å². The zero-order valence-corrected chi connectivity index (χ0v) is 14.2. The van der Waals surface area contributed by atoms with Gasteiger partial charge >= 0.3 is 0 Å². The van der Waals surface area contributed by atoms with Crippen molar-refractivity contribution in [2.75, 3.05) is 20.2 Å². The molecule has 1 atom stereocenters. The summed E-state index contributed by atoms with van der Waals surface area (Å²) in [6.45, 7) is 1.33. The lowest BCUT2D eigenvalue weighted by Gasteiger charge is -2.17. The van der Waals surface area contributed by atoms with E-state index >= 15 is 0 Å². The standard InChI is InChI=1S/C19H19ClFNO2/c1-24-15-7-5-13(6-8-15)14-9-10-22(12-14)19(23)11-16-17(20)3-2-4-18(16)21/h2-8,14H,9-12H2,1H3. The van der Waals surface area contributed by atoms with Crippen LogP contribution in [-0.2, 0) is 11.2 Å². The molecule has 0 saturated carbocycles. The lowest BCUT2D eigenvalue weighted by Crippen LogP contribution is -2.30. The number of methoxy groups -OCH3 is 1. The molecule has 1 fully saturated rings. The Morgan fingerprint density at radius 1 is 1.29 bits per heavy atom. The molecule has 24 heavy (non-hydrogen) atoms. The Hall–Kier alpha value is -2.07. The van der Waals surface area contributed by atoms with Crippen LogP contribution in [0.3, 0.4) is 0 Å². The Morgan fingerprint density at radius 3 is 2.71 bits per heavy atom. The summed E-state index contributed by atoms with van der Waals surface area (Å²) >= 11 is 6.01. The summed E-state index contributed by atoms with van der Waals surface area (Å²) in [7, 11) is 1.64. The van der Waals surface area contributed by atoms with E-state index in [9.17, 15) is 9.18 Å². The van der Waals surface area contributed by atoms with Crippen LogP contribution in [0.4, 0.5) is 4.39 Å². The van der Waals surface area contributed by atoms with E-state index < -0.39 is 5.82 Å². The van der Waals surface area contributed by atoms with Crippen LogP contribution >= 0.6 is 11.6 Å². The first-order chi connectivity index (χ1) is 11.6. The molecule has 3 rings (SSSR count). The number of carbonyl (C=O) groups is 1. The van der Waals surface area contributed by atoms with Crippen LogP contribution in [-0.4, -0.2) is 31.0 Å². The minimum Gasteiger partial charge on any atom is -0.497 e. The quantitative estimate of drug-likeness (QED) is 0.835. The van der Waals surface area contributed by atoms with E-state index in [4.69, 9.17) is 16.3 Å². The molecule has 1 unspecified atom stereocenters. The molecule has 2 aromatic rings. The van der Waals surface area contributed by atoms with Crippen molar-refractivity contribution >= 4 is 17.5 Å². The molecule has 0 spiro atoms. The molecule has 3 nitrogen and oxygen atoms in total. The number of rotatable bonds is 4. The third-order valence-electron chi connectivity index (χ3n) is 4.52. The lowest BCUT2D eigenvalue weighted by atomic mass is 9.98. The summed E-state index contributed by atoms with van der Waals surface area (Å²) < 4.78 is 19.0. The second-order valence-corrected chi connectivity index (χ2v) is 6.38. The highest BCUT2D eigenvalue weighted by atomic mass is 35.5. The average molecular weight is 348 g/mol. The van der Waals surface area contributed by atoms with E-state index in [1.54, 1.807) is 24.1 Å². The van der Waals surface area contributed by atoms with Crippen molar-refractivity contribution in [3.05, 3.63) is 64.4 Å². The summed E-state index contributed by atoms with van der Waals surface area (Å²) in [5, 5.41) is 0.300. The molecule has 126 valence electrons. The molecule has 0 aliphatic carbocycles. The van der Waals surface area contributed by atoms with Crippen LogP contribution in [0.1, 0.15) is 23.5 Å². The van der Waals surface area contributed by atoms with Gasteiger partial charge in [-0.05, 0) is 36.2 Å². The fraction of sp³-hybridized carbons (Fsp3) is 0.316. The minimum atomic E-state index is -0.429. The van der Waals surface area contributed by atoms with Crippen LogP contribution < -0.4 is 4.74 Å². The summed E-state index contributed by atoms with van der Waals surface area (Å²) in [6.07, 6.45) is 0.907. The number of nitrogens with zero attached hydrogens (tertiary/aromatic N) is 1. The molecule has 1 aliphatic heterocycles. The molecular weight excluding hydrogens is 329 g/mol. The van der Waals surface area contributed by atoms with E-state index in [0.717, 1.165) is 12.2 Å². The van der Waals surface area contributed by atoms with Gasteiger partial charge in [0.05, 0.1) is 13.5 Å². The van der Waals surface area contributed by atoms with Gasteiger partial charge in [-0.1, -0.05) is 29.8 Å². The topological polar surface area (TPSA) is 29.5 Å². The van der Waals surface area contributed by atoms with Crippen LogP contribution in [0.2, 0.25) is 5.02 Å². The van der Waals surface area contributed by atoms with Gasteiger partial charge in [-0.3, -0.25) is 4.79 Å². The molecule has 0 N–H and O–H groups in total. The van der Waals surface area contributed by atoms with Crippen LogP contribution in [0.25, 0.3) is 0 Å². The highest BCUT2D eigenvalue weighted by Crippen LogP contribution is 2.29. The summed E-state index contributed by atoms with van der Waals surface area (Å²) in [5.41, 5.74) is 1.46. The number of carbonyl (C=O) groups excluding carboxylic acids is 1. The fourth-order valence-electron chi connectivity index (χ4n) is 3.10. The SMILES string of the molecule is COc1ccc(C2CCN(C(=O)Cc3c(F)cccc3Cl)C2)cc1. The monoisotopic (exact) mass is 347 g/mol. The second-order valence-electron chi connectivity index (χ2n) is 5.98. The second kappa shape index (κ2) is 7.22. The summed E-state index contributed by atoms with van der Waals surface area (Å²) in [6, 6.07) is 12.4. The van der Waals surface area contributed by atoms with Gasteiger partial charge in [0.15, 0.2) is 0 Å². The number of hydrogen-bond acceptors (Lipinski definition) is 2. The number of benzene rings is 2. The third kappa shape index (κ3) is 3.54. The minimum absolute atomic E-state index is 0.000833. The Kier molecular flexibility index (Phi) is 5.05. The number of amides is 1. The number of likely N-dealkylation sites (tertiary alicyclic amines) is 1. The Bertz CT molecular complexity index is 712. The van der Waals surface area contributed by atoms with Gasteiger partial charge < -0.3 is 9.64 Å². The Morgan fingerprint density at radius 2 is 2.04 bits per heavy atom. The van der Waals surface area contributed by atoms with Crippen molar-refractivity contribution in [3.8, 4) is 5.75 Å². The van der Waals surface area contributed by atoms with Gasteiger partial charge in [-0.15, -0.1) is 0 Å². The van der Waals surface area contributed by atoms with Crippen molar-refractivity contribution in [1.82, 2.24) is 4.90 Å². The largest absolute Gasteiger partial charge is 0.497 e. The third-order valence-corrected chi connectivity index (χ3v) is 4.87. The van der Waals surface area contributed by atoms with Gasteiger partial charge in [-0.2, -0.15) is 0 Å². The van der Waals surface area contributed by atoms with E-state index in [2.05, 4.69) is 0 Å². The number of halogens is 2. The van der Waals surface area contributed by atoms with Crippen LogP contribution in [0.15, 0.2) is 42.5 Å². The predicted octanol–water partition coefficient (Wildman–Crippen LogP) is 4.05. The van der Waals surface area contributed by atoms with E-state index in [-0.39, 0.29) is 17.9 Å². The molecule has 1 heterocycles. The average Bonchev–Trinajstić information content (AvgIpc) is 3.08. The van der Waals surface area contributed by atoms with Crippen molar-refractivity contribution in [3.63, 3.8) is 0 Å². The molecule has 1 amide bonds. The van der Waals surface area contributed by atoms with E-state index in [1.807, 2.05) is 24.3 Å². The van der Waals surface area contributed by atoms with Gasteiger partial charge in [-0.25, -0.2) is 4.39 Å². The number of ether oxygens (including phenoxy) is 1. The van der Waals surface area contributed by atoms with E-state index in [0.29, 0.717) is 24.0 Å². The van der Waals surface area contributed by atoms with Crippen molar-refractivity contribution in [2.24, 2.45) is 0 Å². The first-order valence-corrected chi connectivity index (χ1v) is 8.31. The molecule has 1 aliphatic rings. The fourth-order valence-corrected chi connectivity index (χ4v) is 3.33. The predicted molar refractivity (Wildman–Crippen MR) is 92.0 cm³/mol. The molecule has 2 aromatic carbocycles. The smallest absolute Gasteiger partial charge is 0.227 e. The van der Waals surface area contributed by atoms with Crippen molar-refractivity contribution in [2.45, 2.75) is 18.8 Å². The molecule has 0 bridgehead atoms. The maximum absolute atomic E-state index is 13.8. The maximum Gasteiger partial charge on any atom is 0.227 e. The van der Waals surface area contributed by atoms with Crippen molar-refractivity contribution in [1.29, 1.82) is 0 Å². The molecule has 1 saturated heterocycles. The molecule has 0 radical (unpaired) electrons. The first-order valence-electron chi connectivity index (χ1n) is 7.93. The first kappa shape index (κ1) is 16.8. The molecule has 5 heteroatoms. The maximum atomic E-state index is 13.8. The molecular formula is C19H19ClFNO2. The van der Waals surface area contributed by atoms with Gasteiger partial charge in [0.1, 0.15) is 11.6 Å².